The van der Waals surface area contributed by atoms with Crippen LogP contribution < -0.4 is 10.5 Å². The van der Waals surface area contributed by atoms with Crippen LogP contribution in [0.4, 0.5) is 4.39 Å². The van der Waals surface area contributed by atoms with E-state index in [1.54, 1.807) is 0 Å². The molecule has 1 saturated carbocycles. The van der Waals surface area contributed by atoms with Crippen molar-refractivity contribution >= 4 is 10.0 Å². The molecule has 17 heavy (non-hydrogen) atoms. The molecule has 2 unspecified atom stereocenters. The molecular formula is C11H23FN2O2S. The number of nitrogens with one attached hydrogen (secondary N) is 1. The Balaban J connectivity index is 2.74. The summed E-state index contributed by atoms with van der Waals surface area (Å²) in [6.45, 7) is 1.73. The van der Waals surface area contributed by atoms with Gasteiger partial charge in [-0.25, -0.2) is 13.1 Å². The summed E-state index contributed by atoms with van der Waals surface area (Å²) in [5.41, 5.74) is 5.24. The van der Waals surface area contributed by atoms with Gasteiger partial charge in [0.2, 0.25) is 10.0 Å². The zero-order valence-electron chi connectivity index (χ0n) is 10.4. The van der Waals surface area contributed by atoms with Gasteiger partial charge in [0.25, 0.3) is 0 Å². The molecular weight excluding hydrogens is 243 g/mol. The molecule has 0 aromatic heterocycles. The van der Waals surface area contributed by atoms with E-state index >= 15 is 0 Å². The molecule has 0 aliphatic heterocycles. The molecule has 0 bridgehead atoms. The highest BCUT2D eigenvalue weighted by Crippen LogP contribution is 2.33. The maximum absolute atomic E-state index is 12.0. The highest BCUT2D eigenvalue weighted by molar-refractivity contribution is 7.89. The summed E-state index contributed by atoms with van der Waals surface area (Å²) in [5.74, 6) is 0.0826. The Kier molecular flexibility index (Phi) is 5.34. The lowest BCUT2D eigenvalue weighted by Crippen LogP contribution is -2.59. The van der Waals surface area contributed by atoms with Gasteiger partial charge in [0.15, 0.2) is 0 Å². The van der Waals surface area contributed by atoms with E-state index < -0.39 is 22.2 Å². The summed E-state index contributed by atoms with van der Waals surface area (Å²) < 4.78 is 38.4. The van der Waals surface area contributed by atoms with Crippen molar-refractivity contribution in [3.63, 3.8) is 0 Å². The van der Waals surface area contributed by atoms with Crippen molar-refractivity contribution in [3.05, 3.63) is 0 Å². The Bertz CT molecular complexity index is 334. The van der Waals surface area contributed by atoms with Crippen LogP contribution in [0.5, 0.6) is 0 Å². The zero-order valence-corrected chi connectivity index (χ0v) is 11.2. The molecule has 0 spiro atoms. The molecule has 1 aliphatic carbocycles. The van der Waals surface area contributed by atoms with E-state index in [2.05, 4.69) is 4.72 Å². The normalized spacial score (nSPS) is 30.4. The van der Waals surface area contributed by atoms with Gasteiger partial charge in [0.1, 0.15) is 0 Å². The number of alkyl halides is 1. The molecule has 0 aromatic rings. The lowest BCUT2D eigenvalue weighted by Gasteiger charge is -2.42. The molecule has 1 rings (SSSR count). The van der Waals surface area contributed by atoms with Gasteiger partial charge in [-0.2, -0.15) is 0 Å². The first kappa shape index (κ1) is 14.9. The van der Waals surface area contributed by atoms with Gasteiger partial charge < -0.3 is 5.73 Å². The predicted molar refractivity (Wildman–Crippen MR) is 66.9 cm³/mol. The molecule has 102 valence electrons. The van der Waals surface area contributed by atoms with Crippen molar-refractivity contribution in [2.45, 2.75) is 44.6 Å². The molecule has 0 heterocycles. The Hall–Kier alpha value is -0.200. The van der Waals surface area contributed by atoms with Crippen LogP contribution in [0.2, 0.25) is 0 Å². The fraction of sp³-hybridized carbons (Fsp3) is 1.00. The fourth-order valence-electron chi connectivity index (χ4n) is 2.52. The van der Waals surface area contributed by atoms with Crippen LogP contribution >= 0.6 is 0 Å². The van der Waals surface area contributed by atoms with Crippen LogP contribution in [0.3, 0.4) is 0 Å². The van der Waals surface area contributed by atoms with E-state index in [0.29, 0.717) is 6.54 Å². The van der Waals surface area contributed by atoms with E-state index in [1.807, 2.05) is 6.92 Å². The third-order valence-electron chi connectivity index (χ3n) is 3.72. The van der Waals surface area contributed by atoms with Crippen molar-refractivity contribution in [2.75, 3.05) is 19.0 Å². The standard InChI is InChI=1S/C11H23FN2O2S/c1-10-5-2-3-6-11(10,9-13)14-17(15,16)8-4-7-12/h10,14H,2-9,13H2,1H3. The molecule has 0 saturated heterocycles. The molecule has 0 radical (unpaired) electrons. The maximum Gasteiger partial charge on any atom is 0.212 e. The molecule has 0 amide bonds. The smallest absolute Gasteiger partial charge is 0.212 e. The van der Waals surface area contributed by atoms with Gasteiger partial charge in [-0.3, -0.25) is 4.39 Å². The number of hydrogen-bond acceptors (Lipinski definition) is 3. The maximum atomic E-state index is 12.0. The highest BCUT2D eigenvalue weighted by Gasteiger charge is 2.39. The van der Waals surface area contributed by atoms with Crippen molar-refractivity contribution in [1.82, 2.24) is 4.72 Å². The van der Waals surface area contributed by atoms with Crippen molar-refractivity contribution in [3.8, 4) is 0 Å². The van der Waals surface area contributed by atoms with Crippen LogP contribution in [0.1, 0.15) is 39.0 Å². The first-order chi connectivity index (χ1) is 7.96. The van der Waals surface area contributed by atoms with E-state index in [-0.39, 0.29) is 18.1 Å². The van der Waals surface area contributed by atoms with Crippen LogP contribution in [0.25, 0.3) is 0 Å². The first-order valence-electron chi connectivity index (χ1n) is 6.23. The second-order valence-corrected chi connectivity index (χ2v) is 6.81. The average Bonchev–Trinajstić information content (AvgIpc) is 2.29. The van der Waals surface area contributed by atoms with E-state index in [1.165, 1.54) is 0 Å². The second kappa shape index (κ2) is 6.11. The summed E-state index contributed by atoms with van der Waals surface area (Å²) in [5, 5.41) is 0. The monoisotopic (exact) mass is 266 g/mol. The summed E-state index contributed by atoms with van der Waals surface area (Å²) in [7, 11) is -3.42. The second-order valence-electron chi connectivity index (χ2n) is 4.97. The number of rotatable bonds is 6. The van der Waals surface area contributed by atoms with Crippen LogP contribution in [-0.4, -0.2) is 32.9 Å². The van der Waals surface area contributed by atoms with Crippen molar-refractivity contribution in [1.29, 1.82) is 0 Å². The minimum atomic E-state index is -3.42. The summed E-state index contributed by atoms with van der Waals surface area (Å²) in [6, 6.07) is 0. The molecule has 0 aromatic carbocycles. The van der Waals surface area contributed by atoms with Crippen molar-refractivity contribution < 1.29 is 12.8 Å². The van der Waals surface area contributed by atoms with Gasteiger partial charge in [0, 0.05) is 12.1 Å². The number of sulfonamides is 1. The minimum Gasteiger partial charge on any atom is -0.329 e. The molecule has 1 aliphatic rings. The lowest BCUT2D eigenvalue weighted by molar-refractivity contribution is 0.191. The number of hydrogen-bond donors (Lipinski definition) is 2. The van der Waals surface area contributed by atoms with Gasteiger partial charge >= 0.3 is 0 Å². The molecule has 1 fully saturated rings. The number of nitrogens with two attached hydrogens (primary N) is 1. The van der Waals surface area contributed by atoms with E-state index in [0.717, 1.165) is 25.7 Å². The summed E-state index contributed by atoms with van der Waals surface area (Å²) in [6.07, 6.45) is 3.93. The lowest BCUT2D eigenvalue weighted by atomic mass is 9.74. The summed E-state index contributed by atoms with van der Waals surface area (Å²) >= 11 is 0. The Morgan fingerprint density at radius 1 is 1.47 bits per heavy atom. The van der Waals surface area contributed by atoms with Gasteiger partial charge in [-0.1, -0.05) is 19.8 Å². The first-order valence-corrected chi connectivity index (χ1v) is 7.89. The Morgan fingerprint density at radius 2 is 2.18 bits per heavy atom. The number of halogens is 1. The van der Waals surface area contributed by atoms with Crippen LogP contribution in [0, 0.1) is 5.92 Å². The van der Waals surface area contributed by atoms with E-state index in [4.69, 9.17) is 5.73 Å². The molecule has 6 heteroatoms. The van der Waals surface area contributed by atoms with E-state index in [9.17, 15) is 12.8 Å². The largest absolute Gasteiger partial charge is 0.329 e. The van der Waals surface area contributed by atoms with Gasteiger partial charge in [-0.15, -0.1) is 0 Å². The SMILES string of the molecule is CC1CCCCC1(CN)NS(=O)(=O)CCCF. The Morgan fingerprint density at radius 3 is 2.71 bits per heavy atom. The highest BCUT2D eigenvalue weighted by atomic mass is 32.2. The molecule has 2 atom stereocenters. The minimum absolute atomic E-state index is 0.0460. The quantitative estimate of drug-likeness (QED) is 0.758. The van der Waals surface area contributed by atoms with Gasteiger partial charge in [-0.05, 0) is 25.2 Å². The third kappa shape index (κ3) is 3.89. The fourth-order valence-corrected chi connectivity index (χ4v) is 4.11. The van der Waals surface area contributed by atoms with Crippen LogP contribution in [0.15, 0.2) is 0 Å². The van der Waals surface area contributed by atoms with Crippen molar-refractivity contribution in [2.24, 2.45) is 11.7 Å². The molecule has 4 nitrogen and oxygen atoms in total. The summed E-state index contributed by atoms with van der Waals surface area (Å²) in [4.78, 5) is 0. The van der Waals surface area contributed by atoms with Crippen LogP contribution in [-0.2, 0) is 10.0 Å². The zero-order chi connectivity index (χ0) is 12.9. The molecule has 3 N–H and O–H groups in total. The topological polar surface area (TPSA) is 72.2 Å². The third-order valence-corrected chi connectivity index (χ3v) is 5.27. The Labute approximate surface area is 103 Å². The average molecular weight is 266 g/mol. The van der Waals surface area contributed by atoms with Gasteiger partial charge in [0.05, 0.1) is 12.4 Å². The predicted octanol–water partition coefficient (Wildman–Crippen LogP) is 1.17.